The number of halogens is 1. The van der Waals surface area contributed by atoms with Crippen LogP contribution in [0.5, 0.6) is 0 Å². The lowest BCUT2D eigenvalue weighted by Crippen LogP contribution is -2.35. The fourth-order valence-electron chi connectivity index (χ4n) is 1.22. The highest BCUT2D eigenvalue weighted by atomic mass is 127. The predicted octanol–water partition coefficient (Wildman–Crippen LogP) is 2.14. The average molecular weight is 359 g/mol. The fourth-order valence-corrected chi connectivity index (χ4v) is 1.83. The zero-order chi connectivity index (χ0) is 13.5. The molecule has 0 saturated carbocycles. The van der Waals surface area contributed by atoms with Crippen molar-refractivity contribution < 1.29 is 14.3 Å². The van der Waals surface area contributed by atoms with Crippen LogP contribution in [0.1, 0.15) is 17.3 Å². The SMILES string of the molecule is C=CCNC(=O)[C@@H](C)OC(=O)c1ccccc1I. The second kappa shape index (κ2) is 7.15. The Balaban J connectivity index is 2.62. The summed E-state index contributed by atoms with van der Waals surface area (Å²) >= 11 is 2.05. The Bertz CT molecular complexity index is 459. The molecule has 0 aliphatic rings. The number of carbonyl (C=O) groups excluding carboxylic acids is 2. The van der Waals surface area contributed by atoms with Gasteiger partial charge in [-0.1, -0.05) is 18.2 Å². The lowest BCUT2D eigenvalue weighted by molar-refractivity contribution is -0.128. The molecule has 0 fully saturated rings. The summed E-state index contributed by atoms with van der Waals surface area (Å²) in [6.45, 7) is 5.37. The molecule has 0 radical (unpaired) electrons. The summed E-state index contributed by atoms with van der Waals surface area (Å²) in [4.78, 5) is 23.3. The van der Waals surface area contributed by atoms with Crippen LogP contribution >= 0.6 is 22.6 Å². The van der Waals surface area contributed by atoms with Crippen molar-refractivity contribution in [2.24, 2.45) is 0 Å². The normalized spacial score (nSPS) is 11.4. The molecule has 0 heterocycles. The van der Waals surface area contributed by atoms with Gasteiger partial charge in [-0.15, -0.1) is 6.58 Å². The minimum absolute atomic E-state index is 0.339. The summed E-state index contributed by atoms with van der Waals surface area (Å²) in [7, 11) is 0. The summed E-state index contributed by atoms with van der Waals surface area (Å²) in [5.41, 5.74) is 0.460. The van der Waals surface area contributed by atoms with E-state index >= 15 is 0 Å². The van der Waals surface area contributed by atoms with Gasteiger partial charge in [-0.3, -0.25) is 4.79 Å². The van der Waals surface area contributed by atoms with Gasteiger partial charge in [0.1, 0.15) is 0 Å². The maximum Gasteiger partial charge on any atom is 0.339 e. The Morgan fingerprint density at radius 3 is 2.78 bits per heavy atom. The van der Waals surface area contributed by atoms with E-state index in [4.69, 9.17) is 4.74 Å². The van der Waals surface area contributed by atoms with Gasteiger partial charge in [0.25, 0.3) is 5.91 Å². The third-order valence-corrected chi connectivity index (χ3v) is 3.11. The number of ether oxygens (including phenoxy) is 1. The number of hydrogen-bond donors (Lipinski definition) is 1. The largest absolute Gasteiger partial charge is 0.449 e. The van der Waals surface area contributed by atoms with E-state index in [0.717, 1.165) is 3.57 Å². The van der Waals surface area contributed by atoms with Gasteiger partial charge in [0.15, 0.2) is 6.10 Å². The molecule has 0 unspecified atom stereocenters. The number of hydrogen-bond acceptors (Lipinski definition) is 3. The van der Waals surface area contributed by atoms with Gasteiger partial charge in [0, 0.05) is 10.1 Å². The van der Waals surface area contributed by atoms with E-state index in [0.29, 0.717) is 12.1 Å². The topological polar surface area (TPSA) is 55.4 Å². The van der Waals surface area contributed by atoms with Crippen LogP contribution in [-0.4, -0.2) is 24.5 Å². The van der Waals surface area contributed by atoms with E-state index in [1.807, 2.05) is 28.7 Å². The van der Waals surface area contributed by atoms with Crippen molar-refractivity contribution in [2.45, 2.75) is 13.0 Å². The van der Waals surface area contributed by atoms with E-state index in [9.17, 15) is 9.59 Å². The fraction of sp³-hybridized carbons (Fsp3) is 0.231. The summed E-state index contributed by atoms with van der Waals surface area (Å²) in [5, 5.41) is 2.57. The van der Waals surface area contributed by atoms with Gasteiger partial charge in [0.05, 0.1) is 5.56 Å². The monoisotopic (exact) mass is 359 g/mol. The van der Waals surface area contributed by atoms with Gasteiger partial charge < -0.3 is 10.1 Å². The van der Waals surface area contributed by atoms with E-state index in [-0.39, 0.29) is 5.91 Å². The first kappa shape index (κ1) is 14.7. The van der Waals surface area contributed by atoms with Crippen LogP contribution in [0.25, 0.3) is 0 Å². The molecule has 4 nitrogen and oxygen atoms in total. The maximum atomic E-state index is 11.8. The molecule has 1 N–H and O–H groups in total. The Hall–Kier alpha value is -1.37. The van der Waals surface area contributed by atoms with E-state index in [2.05, 4.69) is 11.9 Å². The van der Waals surface area contributed by atoms with Crippen molar-refractivity contribution in [3.63, 3.8) is 0 Å². The van der Waals surface area contributed by atoms with E-state index in [1.54, 1.807) is 24.3 Å². The second-order valence-electron chi connectivity index (χ2n) is 3.56. The van der Waals surface area contributed by atoms with Crippen molar-refractivity contribution in [1.82, 2.24) is 5.32 Å². The first-order valence-electron chi connectivity index (χ1n) is 5.40. The Kier molecular flexibility index (Phi) is 5.84. The van der Waals surface area contributed by atoms with Crippen LogP contribution < -0.4 is 5.32 Å². The molecule has 0 bridgehead atoms. The van der Waals surface area contributed by atoms with Crippen molar-refractivity contribution in [3.8, 4) is 0 Å². The molecule has 18 heavy (non-hydrogen) atoms. The van der Waals surface area contributed by atoms with Gasteiger partial charge >= 0.3 is 5.97 Å². The molecule has 0 spiro atoms. The number of esters is 1. The molecule has 0 aliphatic carbocycles. The molecule has 1 aromatic rings. The van der Waals surface area contributed by atoms with Crippen molar-refractivity contribution in [2.75, 3.05) is 6.54 Å². The molecular formula is C13H14INO3. The summed E-state index contributed by atoms with van der Waals surface area (Å²) < 4.78 is 5.88. The van der Waals surface area contributed by atoms with Crippen molar-refractivity contribution in [3.05, 3.63) is 46.1 Å². The molecule has 1 rings (SSSR count). The number of amides is 1. The molecule has 5 heteroatoms. The number of rotatable bonds is 5. The van der Waals surface area contributed by atoms with Gasteiger partial charge in [-0.25, -0.2) is 4.79 Å². The van der Waals surface area contributed by atoms with Gasteiger partial charge in [-0.05, 0) is 41.6 Å². The predicted molar refractivity (Wildman–Crippen MR) is 77.2 cm³/mol. The third kappa shape index (κ3) is 4.14. The summed E-state index contributed by atoms with van der Waals surface area (Å²) in [5.74, 6) is -0.838. The first-order chi connectivity index (χ1) is 8.56. The standard InChI is InChI=1S/C13H14INO3/c1-3-8-15-12(16)9(2)18-13(17)10-6-4-5-7-11(10)14/h3-7,9H,1,8H2,2H3,(H,15,16)/t9-/m1/s1. The molecule has 0 saturated heterocycles. The second-order valence-corrected chi connectivity index (χ2v) is 4.72. The zero-order valence-electron chi connectivity index (χ0n) is 9.98. The number of carbonyl (C=O) groups is 2. The maximum absolute atomic E-state index is 11.8. The minimum Gasteiger partial charge on any atom is -0.449 e. The lowest BCUT2D eigenvalue weighted by Gasteiger charge is -2.13. The lowest BCUT2D eigenvalue weighted by atomic mass is 10.2. The molecule has 1 aromatic carbocycles. The molecule has 96 valence electrons. The highest BCUT2D eigenvalue weighted by molar-refractivity contribution is 14.1. The first-order valence-corrected chi connectivity index (χ1v) is 6.48. The number of benzene rings is 1. The minimum atomic E-state index is -0.826. The third-order valence-electron chi connectivity index (χ3n) is 2.17. The highest BCUT2D eigenvalue weighted by Crippen LogP contribution is 2.13. The molecular weight excluding hydrogens is 345 g/mol. The van der Waals surface area contributed by atoms with Crippen molar-refractivity contribution >= 4 is 34.5 Å². The molecule has 0 aromatic heterocycles. The van der Waals surface area contributed by atoms with Crippen LogP contribution in [0, 0.1) is 3.57 Å². The van der Waals surface area contributed by atoms with Gasteiger partial charge in [-0.2, -0.15) is 0 Å². The van der Waals surface area contributed by atoms with E-state index in [1.165, 1.54) is 6.92 Å². The van der Waals surface area contributed by atoms with Crippen LogP contribution in [0.4, 0.5) is 0 Å². The molecule has 0 aliphatic heterocycles. The van der Waals surface area contributed by atoms with Crippen LogP contribution in [0.15, 0.2) is 36.9 Å². The Morgan fingerprint density at radius 1 is 1.50 bits per heavy atom. The molecule has 1 amide bonds. The quantitative estimate of drug-likeness (QED) is 0.498. The average Bonchev–Trinajstić information content (AvgIpc) is 2.36. The van der Waals surface area contributed by atoms with Crippen LogP contribution in [0.3, 0.4) is 0 Å². The van der Waals surface area contributed by atoms with Crippen LogP contribution in [0.2, 0.25) is 0 Å². The Labute approximate surface area is 120 Å². The summed E-state index contributed by atoms with van der Waals surface area (Å²) in [6, 6.07) is 7.05. The van der Waals surface area contributed by atoms with Gasteiger partial charge in [0.2, 0.25) is 0 Å². The smallest absolute Gasteiger partial charge is 0.339 e. The van der Waals surface area contributed by atoms with Crippen LogP contribution in [-0.2, 0) is 9.53 Å². The Morgan fingerprint density at radius 2 is 2.17 bits per heavy atom. The van der Waals surface area contributed by atoms with E-state index < -0.39 is 12.1 Å². The highest BCUT2D eigenvalue weighted by Gasteiger charge is 2.19. The number of nitrogens with one attached hydrogen (secondary N) is 1. The summed E-state index contributed by atoms with van der Waals surface area (Å²) in [6.07, 6.45) is 0.737. The molecule has 1 atom stereocenters. The zero-order valence-corrected chi connectivity index (χ0v) is 12.1. The van der Waals surface area contributed by atoms with Crippen molar-refractivity contribution in [1.29, 1.82) is 0 Å².